The zero-order chi connectivity index (χ0) is 23.8. The number of sulfonamides is 1. The van der Waals surface area contributed by atoms with Gasteiger partial charge in [-0.15, -0.1) is 0 Å². The number of hydrogen-bond acceptors (Lipinski definition) is 4. The monoisotopic (exact) mass is 478 g/mol. The highest BCUT2D eigenvalue weighted by atomic mass is 32.2. The zero-order valence-electron chi connectivity index (χ0n) is 19.8. The predicted molar refractivity (Wildman–Crippen MR) is 138 cm³/mol. The van der Waals surface area contributed by atoms with Gasteiger partial charge in [0.1, 0.15) is 6.10 Å². The molecule has 34 heavy (non-hydrogen) atoms. The highest BCUT2D eigenvalue weighted by Gasteiger charge is 2.21. The Morgan fingerprint density at radius 2 is 1.44 bits per heavy atom. The van der Waals surface area contributed by atoms with Crippen LogP contribution in [-0.4, -0.2) is 39.3 Å². The Morgan fingerprint density at radius 3 is 2.03 bits per heavy atom. The van der Waals surface area contributed by atoms with Gasteiger partial charge in [-0.1, -0.05) is 78.9 Å². The third kappa shape index (κ3) is 7.16. The Bertz CT molecular complexity index is 1090. The van der Waals surface area contributed by atoms with Crippen LogP contribution in [-0.2, 0) is 21.3 Å². The molecular formula is C28H34N2O3S. The van der Waals surface area contributed by atoms with E-state index in [1.807, 2.05) is 36.4 Å². The van der Waals surface area contributed by atoms with Crippen LogP contribution in [0.2, 0.25) is 0 Å². The molecule has 1 fully saturated rings. The number of nitrogens with one attached hydrogen (secondary N) is 1. The molecule has 3 aromatic rings. The molecule has 1 aliphatic heterocycles. The van der Waals surface area contributed by atoms with E-state index in [1.165, 1.54) is 17.4 Å². The van der Waals surface area contributed by atoms with Crippen molar-refractivity contribution in [1.29, 1.82) is 0 Å². The van der Waals surface area contributed by atoms with E-state index in [2.05, 4.69) is 58.2 Å². The maximum atomic E-state index is 11.7. The first-order chi connectivity index (χ1) is 16.5. The number of nitrogens with zero attached hydrogens (tertiary/aromatic N) is 1. The molecule has 0 atom stereocenters. The summed E-state index contributed by atoms with van der Waals surface area (Å²) in [6.07, 6.45) is 4.47. The number of piperidine rings is 1. The predicted octanol–water partition coefficient (Wildman–Crippen LogP) is 5.47. The standard InChI is InChI=1S/C28H34N2O3S/c1-34(31,32)29-27-15-9-8-14-26(27)22-30-19-16-23(17-20-30)18-21-33-28(24-10-4-2-5-11-24)25-12-6-3-7-13-25/h2-15,23,28-29H,16-22H2,1H3. The van der Waals surface area contributed by atoms with Crippen LogP contribution in [0, 0.1) is 5.92 Å². The number of benzene rings is 3. The van der Waals surface area contributed by atoms with Crippen LogP contribution in [0.1, 0.15) is 42.1 Å². The Hall–Kier alpha value is -2.67. The number of likely N-dealkylation sites (tertiary alicyclic amines) is 1. The third-order valence-electron chi connectivity index (χ3n) is 6.43. The first-order valence-corrected chi connectivity index (χ1v) is 13.9. The third-order valence-corrected chi connectivity index (χ3v) is 7.02. The van der Waals surface area contributed by atoms with Gasteiger partial charge in [-0.3, -0.25) is 9.62 Å². The van der Waals surface area contributed by atoms with Crippen LogP contribution >= 0.6 is 0 Å². The molecule has 180 valence electrons. The lowest BCUT2D eigenvalue weighted by molar-refractivity contribution is 0.0596. The van der Waals surface area contributed by atoms with Gasteiger partial charge in [-0.2, -0.15) is 0 Å². The topological polar surface area (TPSA) is 58.6 Å². The Morgan fingerprint density at radius 1 is 0.882 bits per heavy atom. The Balaban J connectivity index is 1.28. The molecule has 0 aliphatic carbocycles. The minimum atomic E-state index is -3.29. The minimum absolute atomic E-state index is 0.0404. The van der Waals surface area contributed by atoms with E-state index in [9.17, 15) is 8.42 Å². The quantitative estimate of drug-likeness (QED) is 0.420. The summed E-state index contributed by atoms with van der Waals surface area (Å²) in [6.45, 7) is 3.52. The van der Waals surface area contributed by atoms with E-state index >= 15 is 0 Å². The molecule has 1 saturated heterocycles. The number of para-hydroxylation sites is 1. The van der Waals surface area contributed by atoms with Gasteiger partial charge in [0.25, 0.3) is 0 Å². The van der Waals surface area contributed by atoms with Crippen LogP contribution < -0.4 is 4.72 Å². The SMILES string of the molecule is CS(=O)(=O)Nc1ccccc1CN1CCC(CCOC(c2ccccc2)c2ccccc2)CC1. The van der Waals surface area contributed by atoms with Crippen molar-refractivity contribution in [2.45, 2.75) is 31.9 Å². The van der Waals surface area contributed by atoms with Crippen LogP contribution in [0.3, 0.4) is 0 Å². The second kappa shape index (κ2) is 11.6. The summed E-state index contributed by atoms with van der Waals surface area (Å²) in [5, 5.41) is 0. The highest BCUT2D eigenvalue weighted by Crippen LogP contribution is 2.28. The van der Waals surface area contributed by atoms with Crippen molar-refractivity contribution in [3.8, 4) is 0 Å². The molecule has 6 heteroatoms. The summed E-state index contributed by atoms with van der Waals surface area (Å²) in [4.78, 5) is 2.41. The van der Waals surface area contributed by atoms with Crippen molar-refractivity contribution in [1.82, 2.24) is 4.90 Å². The normalized spacial score (nSPS) is 15.5. The van der Waals surface area contributed by atoms with Crippen molar-refractivity contribution in [3.63, 3.8) is 0 Å². The van der Waals surface area contributed by atoms with Crippen molar-refractivity contribution < 1.29 is 13.2 Å². The second-order valence-corrected chi connectivity index (χ2v) is 10.9. The van der Waals surface area contributed by atoms with E-state index in [0.717, 1.165) is 51.1 Å². The fraction of sp³-hybridized carbons (Fsp3) is 0.357. The number of rotatable bonds is 10. The maximum absolute atomic E-state index is 11.7. The van der Waals surface area contributed by atoms with Crippen LogP contribution in [0.25, 0.3) is 0 Å². The number of hydrogen-bond donors (Lipinski definition) is 1. The Labute approximate surface area is 203 Å². The molecule has 0 aromatic heterocycles. The summed E-state index contributed by atoms with van der Waals surface area (Å²) < 4.78 is 32.4. The van der Waals surface area contributed by atoms with E-state index in [1.54, 1.807) is 0 Å². The van der Waals surface area contributed by atoms with Gasteiger partial charge < -0.3 is 4.74 Å². The smallest absolute Gasteiger partial charge is 0.229 e. The molecule has 0 saturated carbocycles. The lowest BCUT2D eigenvalue weighted by Crippen LogP contribution is -2.34. The molecule has 0 spiro atoms. The second-order valence-electron chi connectivity index (χ2n) is 9.11. The fourth-order valence-electron chi connectivity index (χ4n) is 4.62. The van der Waals surface area contributed by atoms with Gasteiger partial charge in [0.2, 0.25) is 10.0 Å². The zero-order valence-corrected chi connectivity index (χ0v) is 20.6. The van der Waals surface area contributed by atoms with E-state index in [0.29, 0.717) is 11.6 Å². The molecule has 1 heterocycles. The van der Waals surface area contributed by atoms with Crippen molar-refractivity contribution in [2.24, 2.45) is 5.92 Å². The lowest BCUT2D eigenvalue weighted by atomic mass is 9.93. The minimum Gasteiger partial charge on any atom is -0.369 e. The largest absolute Gasteiger partial charge is 0.369 e. The summed E-state index contributed by atoms with van der Waals surface area (Å²) in [6, 6.07) is 28.5. The Kier molecular flexibility index (Phi) is 8.38. The van der Waals surface area contributed by atoms with Gasteiger partial charge in [0.05, 0.1) is 11.9 Å². The molecule has 0 unspecified atom stereocenters. The molecule has 1 N–H and O–H groups in total. The van der Waals surface area contributed by atoms with Crippen molar-refractivity contribution in [2.75, 3.05) is 30.7 Å². The molecule has 0 radical (unpaired) electrons. The fourth-order valence-corrected chi connectivity index (χ4v) is 5.22. The first kappa shape index (κ1) is 24.5. The molecular weight excluding hydrogens is 444 g/mol. The molecule has 4 rings (SSSR count). The van der Waals surface area contributed by atoms with Crippen LogP contribution in [0.5, 0.6) is 0 Å². The summed E-state index contributed by atoms with van der Waals surface area (Å²) in [5.41, 5.74) is 4.06. The van der Waals surface area contributed by atoms with Gasteiger partial charge >= 0.3 is 0 Å². The molecule has 3 aromatic carbocycles. The van der Waals surface area contributed by atoms with Crippen LogP contribution in [0.15, 0.2) is 84.9 Å². The molecule has 0 bridgehead atoms. The molecule has 5 nitrogen and oxygen atoms in total. The van der Waals surface area contributed by atoms with E-state index in [4.69, 9.17) is 4.74 Å². The van der Waals surface area contributed by atoms with Crippen LogP contribution in [0.4, 0.5) is 5.69 Å². The number of ether oxygens (including phenoxy) is 1. The van der Waals surface area contributed by atoms with Crippen molar-refractivity contribution in [3.05, 3.63) is 102 Å². The number of anilines is 1. The summed E-state index contributed by atoms with van der Waals surface area (Å²) in [7, 11) is -3.29. The lowest BCUT2D eigenvalue weighted by Gasteiger charge is -2.32. The van der Waals surface area contributed by atoms with Gasteiger partial charge in [-0.25, -0.2) is 8.42 Å². The molecule has 0 amide bonds. The van der Waals surface area contributed by atoms with Gasteiger partial charge in [0, 0.05) is 13.2 Å². The maximum Gasteiger partial charge on any atom is 0.229 e. The molecule has 1 aliphatic rings. The summed E-state index contributed by atoms with van der Waals surface area (Å²) in [5.74, 6) is 0.646. The highest BCUT2D eigenvalue weighted by molar-refractivity contribution is 7.92. The van der Waals surface area contributed by atoms with E-state index < -0.39 is 10.0 Å². The first-order valence-electron chi connectivity index (χ1n) is 12.0. The average Bonchev–Trinajstić information content (AvgIpc) is 2.84. The average molecular weight is 479 g/mol. The van der Waals surface area contributed by atoms with Gasteiger partial charge in [0.15, 0.2) is 0 Å². The van der Waals surface area contributed by atoms with E-state index in [-0.39, 0.29) is 6.10 Å². The summed E-state index contributed by atoms with van der Waals surface area (Å²) >= 11 is 0. The van der Waals surface area contributed by atoms with Gasteiger partial charge in [-0.05, 0) is 61.0 Å². The van der Waals surface area contributed by atoms with Crippen molar-refractivity contribution >= 4 is 15.7 Å².